The van der Waals surface area contributed by atoms with Crippen LogP contribution >= 0.6 is 22.7 Å². The van der Waals surface area contributed by atoms with Gasteiger partial charge in [-0.15, -0.1) is 29.3 Å². The second-order valence-electron chi connectivity index (χ2n) is 5.98. The third kappa shape index (κ3) is 5.17. The molecule has 2 aromatic heterocycles. The number of carbonyl (C=O) groups excluding carboxylic acids is 1. The van der Waals surface area contributed by atoms with Gasteiger partial charge in [0.1, 0.15) is 0 Å². The van der Waals surface area contributed by atoms with Crippen LogP contribution < -0.4 is 4.72 Å². The first-order valence-electron chi connectivity index (χ1n) is 8.54. The van der Waals surface area contributed by atoms with E-state index in [1.165, 1.54) is 18.2 Å². The highest BCUT2D eigenvalue weighted by molar-refractivity contribution is 7.89. The normalized spacial score (nSPS) is 11.3. The molecule has 0 aliphatic rings. The highest BCUT2D eigenvalue weighted by Gasteiger charge is 2.19. The molecule has 0 spiro atoms. The molecule has 0 radical (unpaired) electrons. The highest BCUT2D eigenvalue weighted by Crippen LogP contribution is 2.20. The smallest absolute Gasteiger partial charge is 0.254 e. The molecule has 1 N–H and O–H groups in total. The van der Waals surface area contributed by atoms with Crippen LogP contribution in [0.3, 0.4) is 0 Å². The summed E-state index contributed by atoms with van der Waals surface area (Å²) in [5.74, 6) is -0.134. The first-order chi connectivity index (χ1) is 13.5. The standard InChI is InChI=1S/C20H20N2O3S3/c1-2-11-21-28(24,25)19-9-7-16(8-10-19)20(23)22(14-17-5-3-12-26-17)15-18-6-4-13-27-18/h2-10,12-13,21H,1,11,14-15H2. The Labute approximate surface area is 173 Å². The fraction of sp³-hybridized carbons (Fsp3) is 0.150. The van der Waals surface area contributed by atoms with Gasteiger partial charge in [0.25, 0.3) is 5.91 Å². The summed E-state index contributed by atoms with van der Waals surface area (Å²) in [6.07, 6.45) is 1.47. The maximum Gasteiger partial charge on any atom is 0.254 e. The predicted octanol–water partition coefficient (Wildman–Crippen LogP) is 4.12. The van der Waals surface area contributed by atoms with Gasteiger partial charge in [-0.25, -0.2) is 13.1 Å². The summed E-state index contributed by atoms with van der Waals surface area (Å²) >= 11 is 3.21. The van der Waals surface area contributed by atoms with E-state index in [0.29, 0.717) is 18.7 Å². The van der Waals surface area contributed by atoms with Crippen molar-refractivity contribution in [2.75, 3.05) is 6.54 Å². The van der Waals surface area contributed by atoms with Crippen LogP contribution in [0.15, 0.2) is 76.8 Å². The lowest BCUT2D eigenvalue weighted by Gasteiger charge is -2.22. The number of thiophene rings is 2. The molecule has 2 heterocycles. The van der Waals surface area contributed by atoms with Crippen LogP contribution in [0.5, 0.6) is 0 Å². The average Bonchev–Trinajstić information content (AvgIpc) is 3.40. The Morgan fingerprint density at radius 1 is 1.00 bits per heavy atom. The van der Waals surface area contributed by atoms with Gasteiger partial charge in [-0.3, -0.25) is 4.79 Å². The maximum atomic E-state index is 13.1. The molecule has 0 unspecified atom stereocenters. The zero-order valence-corrected chi connectivity index (χ0v) is 17.5. The van der Waals surface area contributed by atoms with E-state index >= 15 is 0 Å². The number of benzene rings is 1. The molecule has 1 aromatic carbocycles. The third-order valence-electron chi connectivity index (χ3n) is 3.97. The van der Waals surface area contributed by atoms with Crippen molar-refractivity contribution < 1.29 is 13.2 Å². The largest absolute Gasteiger partial charge is 0.328 e. The predicted molar refractivity (Wildman–Crippen MR) is 114 cm³/mol. The summed E-state index contributed by atoms with van der Waals surface area (Å²) in [7, 11) is -3.61. The molecule has 1 amide bonds. The van der Waals surface area contributed by atoms with Crippen molar-refractivity contribution in [1.82, 2.24) is 9.62 Å². The van der Waals surface area contributed by atoms with Crippen LogP contribution in [0.25, 0.3) is 0 Å². The second kappa shape index (κ2) is 9.29. The van der Waals surface area contributed by atoms with Crippen molar-refractivity contribution in [3.05, 3.63) is 87.3 Å². The van der Waals surface area contributed by atoms with Crippen molar-refractivity contribution >= 4 is 38.6 Å². The second-order valence-corrected chi connectivity index (χ2v) is 9.82. The molecule has 146 valence electrons. The third-order valence-corrected chi connectivity index (χ3v) is 7.13. The van der Waals surface area contributed by atoms with Crippen LogP contribution in [0.1, 0.15) is 20.1 Å². The minimum Gasteiger partial charge on any atom is -0.328 e. The van der Waals surface area contributed by atoms with Gasteiger partial charge in [0.2, 0.25) is 10.0 Å². The Hall–Kier alpha value is -2.26. The number of sulfonamides is 1. The minimum absolute atomic E-state index is 0.119. The van der Waals surface area contributed by atoms with Gasteiger partial charge in [0.05, 0.1) is 18.0 Å². The zero-order chi connectivity index (χ0) is 20.0. The van der Waals surface area contributed by atoms with Gasteiger partial charge in [-0.1, -0.05) is 18.2 Å². The van der Waals surface area contributed by atoms with E-state index in [0.717, 1.165) is 9.75 Å². The van der Waals surface area contributed by atoms with Crippen molar-refractivity contribution in [3.8, 4) is 0 Å². The Morgan fingerprint density at radius 3 is 2.04 bits per heavy atom. The molecular weight excluding hydrogens is 412 g/mol. The van der Waals surface area contributed by atoms with Gasteiger partial charge in [-0.2, -0.15) is 0 Å². The summed E-state index contributed by atoms with van der Waals surface area (Å²) in [5.41, 5.74) is 0.454. The van der Waals surface area contributed by atoms with Crippen molar-refractivity contribution in [3.63, 3.8) is 0 Å². The van der Waals surface area contributed by atoms with Crippen molar-refractivity contribution in [2.24, 2.45) is 0 Å². The van der Waals surface area contributed by atoms with Gasteiger partial charge in [0.15, 0.2) is 0 Å². The van der Waals surface area contributed by atoms with E-state index < -0.39 is 10.0 Å². The molecule has 0 bridgehead atoms. The molecule has 0 aliphatic carbocycles. The van der Waals surface area contributed by atoms with Gasteiger partial charge >= 0.3 is 0 Å². The quantitative estimate of drug-likeness (QED) is 0.517. The monoisotopic (exact) mass is 432 g/mol. The Bertz CT molecular complexity index is 973. The first-order valence-corrected chi connectivity index (χ1v) is 11.8. The van der Waals surface area contributed by atoms with Crippen molar-refractivity contribution in [1.29, 1.82) is 0 Å². The number of carbonyl (C=O) groups is 1. The fourth-order valence-corrected chi connectivity index (χ4v) is 5.03. The molecule has 0 saturated heterocycles. The molecule has 0 fully saturated rings. The Kier molecular flexibility index (Phi) is 6.79. The molecule has 5 nitrogen and oxygen atoms in total. The van der Waals surface area contributed by atoms with Gasteiger partial charge < -0.3 is 4.90 Å². The molecule has 3 rings (SSSR count). The number of hydrogen-bond donors (Lipinski definition) is 1. The highest BCUT2D eigenvalue weighted by atomic mass is 32.2. The minimum atomic E-state index is -3.61. The van der Waals surface area contributed by atoms with E-state index in [4.69, 9.17) is 0 Å². The van der Waals surface area contributed by atoms with E-state index in [9.17, 15) is 13.2 Å². The number of hydrogen-bond acceptors (Lipinski definition) is 5. The van der Waals surface area contributed by atoms with Gasteiger partial charge in [0, 0.05) is 21.9 Å². The zero-order valence-electron chi connectivity index (χ0n) is 15.1. The molecule has 3 aromatic rings. The number of nitrogens with zero attached hydrogens (tertiary/aromatic N) is 1. The van der Waals surface area contributed by atoms with E-state index in [1.54, 1.807) is 39.7 Å². The lowest BCUT2D eigenvalue weighted by molar-refractivity contribution is 0.0733. The van der Waals surface area contributed by atoms with Crippen LogP contribution in [-0.4, -0.2) is 25.8 Å². The first kappa shape index (κ1) is 20.5. The fourth-order valence-electron chi connectivity index (χ4n) is 2.59. The van der Waals surface area contributed by atoms with Crippen LogP contribution in [0.2, 0.25) is 0 Å². The number of amides is 1. The molecule has 0 aliphatic heterocycles. The van der Waals surface area contributed by atoms with E-state index in [-0.39, 0.29) is 17.3 Å². The summed E-state index contributed by atoms with van der Waals surface area (Å²) < 4.78 is 26.8. The summed E-state index contributed by atoms with van der Waals surface area (Å²) in [4.78, 5) is 17.2. The van der Waals surface area contributed by atoms with Crippen LogP contribution in [-0.2, 0) is 23.1 Å². The summed E-state index contributed by atoms with van der Waals surface area (Å²) in [6, 6.07) is 13.9. The summed E-state index contributed by atoms with van der Waals surface area (Å²) in [5, 5.41) is 3.97. The number of rotatable bonds is 9. The lowest BCUT2D eigenvalue weighted by atomic mass is 10.2. The Balaban J connectivity index is 1.80. The summed E-state index contributed by atoms with van der Waals surface area (Å²) in [6.45, 7) is 4.67. The van der Waals surface area contributed by atoms with E-state index in [1.807, 2.05) is 35.0 Å². The van der Waals surface area contributed by atoms with Gasteiger partial charge in [-0.05, 0) is 47.2 Å². The van der Waals surface area contributed by atoms with Crippen molar-refractivity contribution in [2.45, 2.75) is 18.0 Å². The molecule has 28 heavy (non-hydrogen) atoms. The average molecular weight is 433 g/mol. The molecule has 0 saturated carbocycles. The molecule has 0 atom stereocenters. The topological polar surface area (TPSA) is 66.5 Å². The van der Waals surface area contributed by atoms with E-state index in [2.05, 4.69) is 11.3 Å². The van der Waals surface area contributed by atoms with Crippen LogP contribution in [0, 0.1) is 0 Å². The maximum absolute atomic E-state index is 13.1. The molecule has 8 heteroatoms. The Morgan fingerprint density at radius 2 is 1.57 bits per heavy atom. The number of nitrogens with one attached hydrogen (secondary N) is 1. The lowest BCUT2D eigenvalue weighted by Crippen LogP contribution is -2.29. The molecular formula is C20H20N2O3S3. The SMILES string of the molecule is C=CCNS(=O)(=O)c1ccc(C(=O)N(Cc2cccs2)Cc2cccs2)cc1. The van der Waals surface area contributed by atoms with Crippen LogP contribution in [0.4, 0.5) is 0 Å².